The zero-order valence-electron chi connectivity index (χ0n) is 9.86. The van der Waals surface area contributed by atoms with Gasteiger partial charge in [0.2, 0.25) is 0 Å². The molecule has 0 radical (unpaired) electrons. The fourth-order valence-corrected chi connectivity index (χ4v) is 2.89. The molecular formula is C13H21N3. The van der Waals surface area contributed by atoms with Crippen molar-refractivity contribution in [1.82, 2.24) is 14.9 Å². The van der Waals surface area contributed by atoms with Crippen LogP contribution in [0.3, 0.4) is 0 Å². The van der Waals surface area contributed by atoms with E-state index in [2.05, 4.69) is 21.1 Å². The topological polar surface area (TPSA) is 29.9 Å². The summed E-state index contributed by atoms with van der Waals surface area (Å²) in [6.45, 7) is 3.54. The molecule has 0 amide bonds. The van der Waals surface area contributed by atoms with Crippen molar-refractivity contribution in [1.29, 1.82) is 0 Å². The van der Waals surface area contributed by atoms with Crippen molar-refractivity contribution in [2.24, 2.45) is 5.92 Å². The fraction of sp³-hybridized carbons (Fsp3) is 0.769. The lowest BCUT2D eigenvalue weighted by Gasteiger charge is -2.29. The van der Waals surface area contributed by atoms with Gasteiger partial charge in [-0.3, -0.25) is 0 Å². The van der Waals surface area contributed by atoms with Crippen LogP contribution in [0.2, 0.25) is 0 Å². The molecule has 88 valence electrons. The third-order valence-corrected chi connectivity index (χ3v) is 4.18. The van der Waals surface area contributed by atoms with Crippen LogP contribution in [0.4, 0.5) is 0 Å². The molecule has 1 N–H and O–H groups in total. The van der Waals surface area contributed by atoms with E-state index in [1.807, 2.05) is 6.33 Å². The minimum atomic E-state index is 0.740. The van der Waals surface area contributed by atoms with Gasteiger partial charge in [0, 0.05) is 24.4 Å². The SMILES string of the molecule is c1ncn(CC2CCC2)c1C1CCNCC1. The summed E-state index contributed by atoms with van der Waals surface area (Å²) in [4.78, 5) is 4.35. The molecule has 1 saturated heterocycles. The van der Waals surface area contributed by atoms with Crippen LogP contribution in [-0.4, -0.2) is 22.6 Å². The van der Waals surface area contributed by atoms with E-state index < -0.39 is 0 Å². The monoisotopic (exact) mass is 219 g/mol. The van der Waals surface area contributed by atoms with Gasteiger partial charge < -0.3 is 9.88 Å². The van der Waals surface area contributed by atoms with E-state index in [0.717, 1.165) is 11.8 Å². The number of imidazole rings is 1. The molecule has 3 nitrogen and oxygen atoms in total. The molecule has 16 heavy (non-hydrogen) atoms. The third kappa shape index (κ3) is 2.01. The zero-order chi connectivity index (χ0) is 10.8. The van der Waals surface area contributed by atoms with Crippen LogP contribution in [0.5, 0.6) is 0 Å². The van der Waals surface area contributed by atoms with Gasteiger partial charge >= 0.3 is 0 Å². The zero-order valence-corrected chi connectivity index (χ0v) is 9.86. The number of nitrogens with zero attached hydrogens (tertiary/aromatic N) is 2. The van der Waals surface area contributed by atoms with E-state index in [0.29, 0.717) is 0 Å². The molecule has 1 aromatic heterocycles. The predicted octanol–water partition coefficient (Wildman–Crippen LogP) is 2.15. The van der Waals surface area contributed by atoms with Gasteiger partial charge in [-0.25, -0.2) is 4.98 Å². The average Bonchev–Trinajstić information content (AvgIpc) is 2.73. The summed E-state index contributed by atoms with van der Waals surface area (Å²) in [6.07, 6.45) is 11.0. The van der Waals surface area contributed by atoms with Crippen LogP contribution in [-0.2, 0) is 6.54 Å². The highest BCUT2D eigenvalue weighted by molar-refractivity contribution is 5.08. The second kappa shape index (κ2) is 4.58. The summed E-state index contributed by atoms with van der Waals surface area (Å²) in [7, 11) is 0. The summed E-state index contributed by atoms with van der Waals surface area (Å²) in [5.41, 5.74) is 1.48. The molecule has 0 bridgehead atoms. The van der Waals surface area contributed by atoms with E-state index in [9.17, 15) is 0 Å². The highest BCUT2D eigenvalue weighted by Gasteiger charge is 2.22. The number of piperidine rings is 1. The summed E-state index contributed by atoms with van der Waals surface area (Å²) < 4.78 is 2.42. The lowest BCUT2D eigenvalue weighted by molar-refractivity contribution is 0.270. The quantitative estimate of drug-likeness (QED) is 0.844. The van der Waals surface area contributed by atoms with Crippen LogP contribution in [0, 0.1) is 5.92 Å². The van der Waals surface area contributed by atoms with Gasteiger partial charge in [0.15, 0.2) is 0 Å². The molecule has 2 aliphatic rings. The number of rotatable bonds is 3. The Hall–Kier alpha value is -0.830. The minimum Gasteiger partial charge on any atom is -0.334 e. The van der Waals surface area contributed by atoms with Gasteiger partial charge in [0.05, 0.1) is 6.33 Å². The van der Waals surface area contributed by atoms with Gasteiger partial charge in [-0.05, 0) is 44.7 Å². The standard InChI is InChI=1S/C13H21N3/c1-2-11(3-1)9-16-10-15-8-13(16)12-4-6-14-7-5-12/h8,10-12,14H,1-7,9H2. The molecular weight excluding hydrogens is 198 g/mol. The van der Waals surface area contributed by atoms with Gasteiger partial charge in [-0.1, -0.05) is 6.42 Å². The molecule has 0 aromatic carbocycles. The molecule has 0 spiro atoms. The maximum atomic E-state index is 4.35. The molecule has 1 aromatic rings. The van der Waals surface area contributed by atoms with E-state index in [-0.39, 0.29) is 0 Å². The first kappa shape index (κ1) is 10.3. The smallest absolute Gasteiger partial charge is 0.0948 e. The molecule has 0 atom stereocenters. The van der Waals surface area contributed by atoms with Gasteiger partial charge in [-0.2, -0.15) is 0 Å². The first-order valence-corrected chi connectivity index (χ1v) is 6.64. The molecule has 3 rings (SSSR count). The Kier molecular flexibility index (Phi) is 2.96. The van der Waals surface area contributed by atoms with E-state index in [1.54, 1.807) is 0 Å². The van der Waals surface area contributed by atoms with Crippen molar-refractivity contribution in [3.05, 3.63) is 18.2 Å². The van der Waals surface area contributed by atoms with E-state index >= 15 is 0 Å². The maximum absolute atomic E-state index is 4.35. The minimum absolute atomic E-state index is 0.740. The highest BCUT2D eigenvalue weighted by atomic mass is 15.1. The Morgan fingerprint density at radius 2 is 2.06 bits per heavy atom. The van der Waals surface area contributed by atoms with Crippen LogP contribution in [0.25, 0.3) is 0 Å². The Morgan fingerprint density at radius 3 is 2.75 bits per heavy atom. The third-order valence-electron chi connectivity index (χ3n) is 4.18. The normalized spacial score (nSPS) is 23.2. The van der Waals surface area contributed by atoms with E-state index in [4.69, 9.17) is 0 Å². The van der Waals surface area contributed by atoms with Crippen molar-refractivity contribution >= 4 is 0 Å². The maximum Gasteiger partial charge on any atom is 0.0948 e. The molecule has 1 saturated carbocycles. The average molecular weight is 219 g/mol. The Bertz CT molecular complexity index is 335. The van der Waals surface area contributed by atoms with Crippen LogP contribution >= 0.6 is 0 Å². The lowest BCUT2D eigenvalue weighted by Crippen LogP contribution is -2.28. The van der Waals surface area contributed by atoms with E-state index in [1.165, 1.54) is 57.4 Å². The second-order valence-electron chi connectivity index (χ2n) is 5.29. The molecule has 2 heterocycles. The number of hydrogen-bond acceptors (Lipinski definition) is 2. The van der Waals surface area contributed by atoms with Crippen LogP contribution in [0.1, 0.15) is 43.7 Å². The lowest BCUT2D eigenvalue weighted by atomic mass is 9.85. The predicted molar refractivity (Wildman–Crippen MR) is 64.4 cm³/mol. The first-order chi connectivity index (χ1) is 7.93. The van der Waals surface area contributed by atoms with Gasteiger partial charge in [0.1, 0.15) is 0 Å². The highest BCUT2D eigenvalue weighted by Crippen LogP contribution is 2.30. The first-order valence-electron chi connectivity index (χ1n) is 6.64. The molecule has 2 fully saturated rings. The summed E-state index contributed by atoms with van der Waals surface area (Å²) in [5.74, 6) is 1.67. The Labute approximate surface area is 97.3 Å². The Balaban J connectivity index is 1.70. The van der Waals surface area contributed by atoms with Crippen molar-refractivity contribution < 1.29 is 0 Å². The van der Waals surface area contributed by atoms with Crippen LogP contribution in [0.15, 0.2) is 12.5 Å². The largest absolute Gasteiger partial charge is 0.334 e. The van der Waals surface area contributed by atoms with Gasteiger partial charge in [0.25, 0.3) is 0 Å². The van der Waals surface area contributed by atoms with Crippen molar-refractivity contribution in [2.45, 2.75) is 44.6 Å². The molecule has 1 aliphatic heterocycles. The van der Waals surface area contributed by atoms with Crippen molar-refractivity contribution in [2.75, 3.05) is 13.1 Å². The number of hydrogen-bond donors (Lipinski definition) is 1. The molecule has 1 aliphatic carbocycles. The number of nitrogens with one attached hydrogen (secondary N) is 1. The van der Waals surface area contributed by atoms with Crippen LogP contribution < -0.4 is 5.32 Å². The summed E-state index contributed by atoms with van der Waals surface area (Å²) in [6, 6.07) is 0. The molecule has 3 heteroatoms. The second-order valence-corrected chi connectivity index (χ2v) is 5.29. The summed E-state index contributed by atoms with van der Waals surface area (Å²) in [5, 5.41) is 3.43. The summed E-state index contributed by atoms with van der Waals surface area (Å²) >= 11 is 0. The van der Waals surface area contributed by atoms with Crippen molar-refractivity contribution in [3.63, 3.8) is 0 Å². The van der Waals surface area contributed by atoms with Crippen molar-refractivity contribution in [3.8, 4) is 0 Å². The Morgan fingerprint density at radius 1 is 1.25 bits per heavy atom. The number of aromatic nitrogens is 2. The fourth-order valence-electron chi connectivity index (χ4n) is 2.89. The van der Waals surface area contributed by atoms with Gasteiger partial charge in [-0.15, -0.1) is 0 Å². The molecule has 0 unspecified atom stereocenters.